The van der Waals surface area contributed by atoms with Gasteiger partial charge < -0.3 is 25.3 Å². The minimum absolute atomic E-state index is 0.0985. The first-order valence-corrected chi connectivity index (χ1v) is 33.6. The molecule has 0 saturated heterocycles. The summed E-state index contributed by atoms with van der Waals surface area (Å²) in [6.45, 7) is 28.0. The highest BCUT2D eigenvalue weighted by atomic mass is 16.4. The summed E-state index contributed by atoms with van der Waals surface area (Å²) in [5.41, 5.74) is 10.4. The van der Waals surface area contributed by atoms with Gasteiger partial charge in [0.05, 0.1) is 21.8 Å². The van der Waals surface area contributed by atoms with Crippen molar-refractivity contribution in [1.82, 2.24) is 0 Å². The number of Topliss-reactive ketones (excluding diaryl/α,β-unsaturated/α-hetero) is 3. The number of benzene rings is 4. The molecule has 3 aliphatic carbocycles. The van der Waals surface area contributed by atoms with Crippen molar-refractivity contribution in [2.24, 2.45) is 0 Å². The second-order valence-electron chi connectivity index (χ2n) is 28.2. The van der Waals surface area contributed by atoms with Crippen LogP contribution < -0.4 is 20.2 Å². The van der Waals surface area contributed by atoms with Crippen molar-refractivity contribution in [3.63, 3.8) is 0 Å². The summed E-state index contributed by atoms with van der Waals surface area (Å²) in [4.78, 5) is 57.7. The van der Waals surface area contributed by atoms with Gasteiger partial charge in [0, 0.05) is 129 Å². The SMILES string of the molecule is CCCCCCC[N+]1=C(/C=C2/C(=O)C(c3ccc4c(c3)C(C)(C)C(/C=C3/C(=O)C(/C=C5/N(CCCC)c6ccc(C(=O)O)cc6C5(C)C)=C3[O-])=[N+]4CCCCCCC)=C2[O-])C(C)(C)c2cc(C3=C([O-])/C(=C/C4=[N+](CCCC)c5ccccc5C4(C)C)C3=O)ccc21. The average molecular weight is 1220 g/mol. The maximum atomic E-state index is 14.8. The molecule has 0 fully saturated rings. The van der Waals surface area contributed by atoms with Crippen molar-refractivity contribution in [3.8, 4) is 0 Å². The van der Waals surface area contributed by atoms with Gasteiger partial charge in [-0.05, 0) is 126 Å². The third kappa shape index (κ3) is 10.8. The van der Waals surface area contributed by atoms with E-state index in [0.717, 1.165) is 159 Å². The first kappa shape index (κ1) is 64.3. The number of carbonyl (C=O) groups is 4. The number of carboxylic acid groups (broad SMARTS) is 1. The Balaban J connectivity index is 0.908. The fraction of sp³-hybridized carbons (Fsp3) is 0.430. The zero-order valence-corrected chi connectivity index (χ0v) is 55.6. The Hall–Kier alpha value is -8.25. The molecule has 12 heteroatoms. The molecule has 4 heterocycles. The van der Waals surface area contributed by atoms with Crippen LogP contribution in [0.15, 0.2) is 148 Å². The maximum Gasteiger partial charge on any atom is 0.335 e. The topological polar surface area (TPSA) is 170 Å². The van der Waals surface area contributed by atoms with Gasteiger partial charge in [-0.25, -0.2) is 4.79 Å². The van der Waals surface area contributed by atoms with Crippen molar-refractivity contribution in [3.05, 3.63) is 187 Å². The lowest BCUT2D eigenvalue weighted by molar-refractivity contribution is -0.438. The molecule has 4 aromatic rings. The molecular formula is C79H90N4O8. The largest absolute Gasteiger partial charge is 0.871 e. The van der Waals surface area contributed by atoms with Gasteiger partial charge in [-0.15, -0.1) is 0 Å². The van der Waals surface area contributed by atoms with Gasteiger partial charge in [0.2, 0.25) is 17.1 Å². The van der Waals surface area contributed by atoms with Crippen LogP contribution in [0.1, 0.15) is 217 Å². The summed E-state index contributed by atoms with van der Waals surface area (Å²) in [5.74, 6) is -2.92. The smallest absolute Gasteiger partial charge is 0.335 e. The van der Waals surface area contributed by atoms with Crippen LogP contribution in [-0.4, -0.2) is 85.5 Å². The third-order valence-electron chi connectivity index (χ3n) is 20.7. The van der Waals surface area contributed by atoms with Crippen LogP contribution in [0.25, 0.3) is 11.1 Å². The summed E-state index contributed by atoms with van der Waals surface area (Å²) < 4.78 is 6.71. The highest BCUT2D eigenvalue weighted by Crippen LogP contribution is 2.52. The summed E-state index contributed by atoms with van der Waals surface area (Å²) in [6, 6.07) is 25.1. The van der Waals surface area contributed by atoms with E-state index < -0.39 is 27.6 Å². The zero-order valence-electron chi connectivity index (χ0n) is 55.6. The van der Waals surface area contributed by atoms with E-state index in [1.54, 1.807) is 30.4 Å². The van der Waals surface area contributed by atoms with Crippen LogP contribution in [0, 0.1) is 0 Å². The third-order valence-corrected chi connectivity index (χ3v) is 20.7. The highest BCUT2D eigenvalue weighted by molar-refractivity contribution is 6.41. The van der Waals surface area contributed by atoms with E-state index in [1.165, 1.54) is 5.56 Å². The number of ketones is 3. The molecule has 1 N–H and O–H groups in total. The molecule has 91 heavy (non-hydrogen) atoms. The lowest BCUT2D eigenvalue weighted by atomic mass is 9.74. The van der Waals surface area contributed by atoms with Crippen LogP contribution >= 0.6 is 0 Å². The Morgan fingerprint density at radius 2 is 0.901 bits per heavy atom. The fourth-order valence-corrected chi connectivity index (χ4v) is 15.2. The Kier molecular flexibility index (Phi) is 17.5. The number of rotatable bonds is 25. The maximum absolute atomic E-state index is 14.8. The van der Waals surface area contributed by atoms with Gasteiger partial charge >= 0.3 is 5.97 Å². The van der Waals surface area contributed by atoms with E-state index in [1.807, 2.05) is 74.5 Å². The number of fused-ring (bicyclic) bond motifs is 4. The number of hydrogen-bond acceptors (Lipinski definition) is 8. The molecule has 0 unspecified atom stereocenters. The monoisotopic (exact) mass is 1220 g/mol. The number of anilines is 1. The predicted octanol–water partition coefficient (Wildman–Crippen LogP) is 13.4. The normalized spacial score (nSPS) is 20.9. The predicted molar refractivity (Wildman–Crippen MR) is 357 cm³/mol. The van der Waals surface area contributed by atoms with Gasteiger partial charge in [0.1, 0.15) is 19.6 Å². The molecule has 4 aliphatic heterocycles. The van der Waals surface area contributed by atoms with Gasteiger partial charge in [0.15, 0.2) is 34.5 Å². The second kappa shape index (κ2) is 24.8. The summed E-state index contributed by atoms with van der Waals surface area (Å²) in [7, 11) is 0. The highest BCUT2D eigenvalue weighted by Gasteiger charge is 2.50. The van der Waals surface area contributed by atoms with Crippen molar-refractivity contribution in [1.29, 1.82) is 0 Å². The molecule has 0 saturated carbocycles. The van der Waals surface area contributed by atoms with Crippen molar-refractivity contribution >= 4 is 74.3 Å². The molecule has 0 aromatic heterocycles. The molecule has 0 bridgehead atoms. The lowest BCUT2D eigenvalue weighted by Gasteiger charge is -2.33. The number of allylic oxidation sites excluding steroid dienone is 11. The van der Waals surface area contributed by atoms with E-state index in [-0.39, 0.29) is 73.6 Å². The number of hydrogen-bond donors (Lipinski definition) is 1. The Bertz CT molecular complexity index is 4120. The minimum Gasteiger partial charge on any atom is -0.871 e. The van der Waals surface area contributed by atoms with Gasteiger partial charge in [-0.2, -0.15) is 13.7 Å². The van der Waals surface area contributed by atoms with Crippen molar-refractivity contribution < 1.29 is 53.3 Å². The van der Waals surface area contributed by atoms with Crippen LogP contribution in [0.5, 0.6) is 0 Å². The van der Waals surface area contributed by atoms with Crippen LogP contribution in [0.2, 0.25) is 0 Å². The van der Waals surface area contributed by atoms with E-state index in [4.69, 9.17) is 0 Å². The standard InChI is InChI=1S/C79H90N4O8/c1-13-17-21-23-27-39-82-60-34-31-48(41-56(60)77(7,8)65(82)45-52-69(84)51(70(52)85)44-64-79(11,12)58-43-50(75(90)91)33-36-62(58)81(64)38-20-16-4)68-73(88)54(74(68)89)47-66-78(9,10)57-42-49(32-35-61(57)83(66)40-28-24-22-18-14-2)67-71(86)53(72(67)87)46-63-76(5,6)55-29-25-26-30-59(55)80(63)37-19-15-3/h25-26,29-36,41-47H,13-24,27-28,37-40H2,1-12H3,(H-3,84,85,86,87,88,89,90,91). The van der Waals surface area contributed by atoms with E-state index in [2.05, 4.69) is 100.0 Å². The molecule has 0 atom stereocenters. The van der Waals surface area contributed by atoms with Crippen LogP contribution in [-0.2, 0) is 36.0 Å². The number of nitrogens with zero attached hydrogens (tertiary/aromatic N) is 4. The Morgan fingerprint density at radius 3 is 1.36 bits per heavy atom. The first-order chi connectivity index (χ1) is 43.4. The van der Waals surface area contributed by atoms with Gasteiger partial charge in [0.25, 0.3) is 0 Å². The number of carboxylic acids is 1. The molecule has 474 valence electrons. The second-order valence-corrected chi connectivity index (χ2v) is 28.2. The molecule has 12 nitrogen and oxygen atoms in total. The van der Waals surface area contributed by atoms with E-state index >= 15 is 0 Å². The molecule has 7 aliphatic rings. The minimum atomic E-state index is -1.02. The summed E-state index contributed by atoms with van der Waals surface area (Å²) in [6.07, 6.45) is 21.3. The van der Waals surface area contributed by atoms with Gasteiger partial charge in [-0.3, -0.25) is 14.4 Å². The number of carbonyl (C=O) groups excluding carboxylic acids is 3. The Morgan fingerprint density at radius 1 is 0.462 bits per heavy atom. The van der Waals surface area contributed by atoms with E-state index in [9.17, 15) is 39.6 Å². The molecule has 0 amide bonds. The summed E-state index contributed by atoms with van der Waals surface area (Å²) >= 11 is 0. The fourth-order valence-electron chi connectivity index (χ4n) is 15.2. The van der Waals surface area contributed by atoms with E-state index in [0.29, 0.717) is 30.8 Å². The molecular weight excluding hydrogens is 1130 g/mol. The Labute approximate surface area is 538 Å². The molecule has 4 aromatic carbocycles. The molecule has 0 radical (unpaired) electrons. The molecule has 0 spiro atoms. The van der Waals surface area contributed by atoms with Crippen molar-refractivity contribution in [2.75, 3.05) is 31.1 Å². The number of para-hydroxylation sites is 1. The number of aromatic carboxylic acids is 1. The van der Waals surface area contributed by atoms with Gasteiger partial charge in [-0.1, -0.05) is 128 Å². The number of unbranched alkanes of at least 4 members (excludes halogenated alkanes) is 10. The quantitative estimate of drug-likeness (QED) is 0.0385. The van der Waals surface area contributed by atoms with Crippen molar-refractivity contribution in [2.45, 2.75) is 195 Å². The molecule has 11 rings (SSSR count). The summed E-state index contributed by atoms with van der Waals surface area (Å²) in [5, 5.41) is 53.4. The average Bonchev–Trinajstić information content (AvgIpc) is 1.83. The lowest BCUT2D eigenvalue weighted by Crippen LogP contribution is -2.35. The first-order valence-electron chi connectivity index (χ1n) is 33.6. The van der Waals surface area contributed by atoms with Crippen LogP contribution in [0.3, 0.4) is 0 Å². The van der Waals surface area contributed by atoms with Crippen LogP contribution in [0.4, 0.5) is 22.7 Å². The zero-order chi connectivity index (χ0) is 65.2.